The van der Waals surface area contributed by atoms with E-state index in [2.05, 4.69) is 5.10 Å². The van der Waals surface area contributed by atoms with Crippen molar-refractivity contribution in [1.29, 1.82) is 0 Å². The Hall–Kier alpha value is -2.11. The number of carbonyl (C=O) groups is 1. The molecule has 0 fully saturated rings. The summed E-state index contributed by atoms with van der Waals surface area (Å²) in [6.45, 7) is 0.436. The number of rotatable bonds is 4. The molecule has 0 amide bonds. The van der Waals surface area contributed by atoms with Crippen LogP contribution >= 0.6 is 22.9 Å². The van der Waals surface area contributed by atoms with Crippen molar-refractivity contribution in [3.05, 3.63) is 64.1 Å². The molecule has 0 aliphatic rings. The molecule has 4 nitrogen and oxygen atoms in total. The van der Waals surface area contributed by atoms with Gasteiger partial charge in [0.15, 0.2) is 0 Å². The fourth-order valence-electron chi connectivity index (χ4n) is 2.06. The summed E-state index contributed by atoms with van der Waals surface area (Å²) in [4.78, 5) is 12.2. The Morgan fingerprint density at radius 2 is 2.10 bits per heavy atom. The molecule has 3 rings (SSSR count). The van der Waals surface area contributed by atoms with Crippen LogP contribution in [0.5, 0.6) is 0 Å². The summed E-state index contributed by atoms with van der Waals surface area (Å²) in [5.74, 6) is -0.983. The third kappa shape index (κ3) is 2.84. The molecule has 21 heavy (non-hydrogen) atoms. The maximum absolute atomic E-state index is 11.4. The first-order chi connectivity index (χ1) is 10.1. The van der Waals surface area contributed by atoms with Crippen LogP contribution < -0.4 is 0 Å². The largest absolute Gasteiger partial charge is 0.478 e. The normalized spacial score (nSPS) is 10.7. The highest BCUT2D eigenvalue weighted by atomic mass is 35.5. The zero-order valence-electron chi connectivity index (χ0n) is 10.9. The number of carboxylic acids is 1. The van der Waals surface area contributed by atoms with Gasteiger partial charge in [0.1, 0.15) is 11.3 Å². The van der Waals surface area contributed by atoms with Crippen LogP contribution in [-0.2, 0) is 6.54 Å². The van der Waals surface area contributed by atoms with E-state index < -0.39 is 5.97 Å². The van der Waals surface area contributed by atoms with Gasteiger partial charge in [-0.1, -0.05) is 35.9 Å². The van der Waals surface area contributed by atoms with E-state index >= 15 is 0 Å². The molecule has 0 unspecified atom stereocenters. The van der Waals surface area contributed by atoms with Crippen molar-refractivity contribution in [3.63, 3.8) is 0 Å². The summed E-state index contributed by atoms with van der Waals surface area (Å²) in [6, 6.07) is 11.2. The van der Waals surface area contributed by atoms with Crippen molar-refractivity contribution in [2.24, 2.45) is 0 Å². The van der Waals surface area contributed by atoms with Crippen LogP contribution in [0, 0.1) is 0 Å². The number of hydrogen-bond donors (Lipinski definition) is 1. The Morgan fingerprint density at radius 3 is 2.76 bits per heavy atom. The molecule has 1 aromatic carbocycles. The molecule has 2 aromatic heterocycles. The van der Waals surface area contributed by atoms with E-state index in [1.807, 2.05) is 35.7 Å². The van der Waals surface area contributed by atoms with Crippen molar-refractivity contribution in [3.8, 4) is 10.6 Å². The van der Waals surface area contributed by atoms with Gasteiger partial charge in [0, 0.05) is 11.2 Å². The van der Waals surface area contributed by atoms with Crippen LogP contribution in [0.25, 0.3) is 10.6 Å². The van der Waals surface area contributed by atoms with Crippen molar-refractivity contribution in [1.82, 2.24) is 9.78 Å². The molecule has 0 saturated heterocycles. The maximum Gasteiger partial charge on any atom is 0.339 e. The van der Waals surface area contributed by atoms with E-state index in [-0.39, 0.29) is 5.56 Å². The lowest BCUT2D eigenvalue weighted by molar-refractivity contribution is 0.0697. The quantitative estimate of drug-likeness (QED) is 0.790. The van der Waals surface area contributed by atoms with E-state index in [0.717, 1.165) is 10.4 Å². The van der Waals surface area contributed by atoms with Gasteiger partial charge in [0.25, 0.3) is 0 Å². The van der Waals surface area contributed by atoms with Crippen LogP contribution in [0.4, 0.5) is 0 Å². The van der Waals surface area contributed by atoms with Crippen LogP contribution in [0.15, 0.2) is 48.0 Å². The van der Waals surface area contributed by atoms with E-state index in [9.17, 15) is 9.90 Å². The zero-order valence-corrected chi connectivity index (χ0v) is 12.4. The predicted octanol–water partition coefficient (Wildman–Crippen LogP) is 4.01. The Labute approximate surface area is 130 Å². The molecule has 0 bridgehead atoms. The SMILES string of the molecule is O=C(O)c1cn(Cc2ccccc2Cl)nc1-c1cccs1. The van der Waals surface area contributed by atoms with E-state index in [1.54, 1.807) is 16.9 Å². The lowest BCUT2D eigenvalue weighted by Crippen LogP contribution is -2.01. The first-order valence-electron chi connectivity index (χ1n) is 6.23. The highest BCUT2D eigenvalue weighted by molar-refractivity contribution is 7.13. The molecule has 0 atom stereocenters. The fourth-order valence-corrected chi connectivity index (χ4v) is 2.97. The highest BCUT2D eigenvalue weighted by Crippen LogP contribution is 2.27. The van der Waals surface area contributed by atoms with Crippen LogP contribution in [0.2, 0.25) is 5.02 Å². The van der Waals surface area contributed by atoms with Gasteiger partial charge in [-0.15, -0.1) is 11.3 Å². The van der Waals surface area contributed by atoms with Crippen molar-refractivity contribution in [2.45, 2.75) is 6.54 Å². The molecular weight excluding hydrogens is 308 g/mol. The molecule has 106 valence electrons. The lowest BCUT2D eigenvalue weighted by Gasteiger charge is -2.03. The Bertz CT molecular complexity index is 781. The van der Waals surface area contributed by atoms with Gasteiger partial charge < -0.3 is 5.11 Å². The van der Waals surface area contributed by atoms with Crippen molar-refractivity contribution < 1.29 is 9.90 Å². The van der Waals surface area contributed by atoms with Crippen LogP contribution in [0.1, 0.15) is 15.9 Å². The minimum Gasteiger partial charge on any atom is -0.478 e. The number of aromatic carboxylic acids is 1. The fraction of sp³-hybridized carbons (Fsp3) is 0.0667. The zero-order chi connectivity index (χ0) is 14.8. The number of hydrogen-bond acceptors (Lipinski definition) is 3. The highest BCUT2D eigenvalue weighted by Gasteiger charge is 2.18. The summed E-state index contributed by atoms with van der Waals surface area (Å²) >= 11 is 7.59. The van der Waals surface area contributed by atoms with E-state index in [1.165, 1.54) is 11.3 Å². The second-order valence-electron chi connectivity index (χ2n) is 4.46. The van der Waals surface area contributed by atoms with Gasteiger partial charge in [-0.05, 0) is 23.1 Å². The number of carboxylic acid groups (broad SMARTS) is 1. The second-order valence-corrected chi connectivity index (χ2v) is 5.82. The minimum absolute atomic E-state index is 0.199. The van der Waals surface area contributed by atoms with Crippen molar-refractivity contribution >= 4 is 28.9 Å². The molecule has 0 spiro atoms. The number of halogens is 1. The number of thiophene rings is 1. The molecular formula is C15H11ClN2O2S. The third-order valence-corrected chi connectivity index (χ3v) is 4.28. The number of benzene rings is 1. The average molecular weight is 319 g/mol. The summed E-state index contributed by atoms with van der Waals surface area (Å²) in [6.07, 6.45) is 1.54. The smallest absolute Gasteiger partial charge is 0.339 e. The summed E-state index contributed by atoms with van der Waals surface area (Å²) in [5, 5.41) is 16.3. The number of aromatic nitrogens is 2. The first-order valence-corrected chi connectivity index (χ1v) is 7.49. The maximum atomic E-state index is 11.4. The van der Waals surface area contributed by atoms with E-state index in [0.29, 0.717) is 17.3 Å². The molecule has 0 radical (unpaired) electrons. The Kier molecular flexibility index (Phi) is 3.77. The van der Waals surface area contributed by atoms with Gasteiger partial charge >= 0.3 is 5.97 Å². The second kappa shape index (κ2) is 5.71. The van der Waals surface area contributed by atoms with Gasteiger partial charge in [-0.3, -0.25) is 4.68 Å². The molecule has 0 aliphatic heterocycles. The lowest BCUT2D eigenvalue weighted by atomic mass is 10.2. The van der Waals surface area contributed by atoms with Gasteiger partial charge in [-0.2, -0.15) is 5.10 Å². The predicted molar refractivity (Wildman–Crippen MR) is 83.1 cm³/mol. The molecule has 6 heteroatoms. The summed E-state index contributed by atoms with van der Waals surface area (Å²) < 4.78 is 1.61. The van der Waals surface area contributed by atoms with Gasteiger partial charge in [-0.25, -0.2) is 4.79 Å². The summed E-state index contributed by atoms with van der Waals surface area (Å²) in [7, 11) is 0. The molecule has 0 aliphatic carbocycles. The van der Waals surface area contributed by atoms with Crippen LogP contribution in [0.3, 0.4) is 0 Å². The molecule has 3 aromatic rings. The van der Waals surface area contributed by atoms with Gasteiger partial charge in [0.2, 0.25) is 0 Å². The van der Waals surface area contributed by atoms with E-state index in [4.69, 9.17) is 11.6 Å². The van der Waals surface area contributed by atoms with Gasteiger partial charge in [0.05, 0.1) is 11.4 Å². The topological polar surface area (TPSA) is 55.1 Å². The first kappa shape index (κ1) is 13.9. The van der Waals surface area contributed by atoms with Crippen LogP contribution in [-0.4, -0.2) is 20.9 Å². The Morgan fingerprint density at radius 1 is 1.29 bits per heavy atom. The minimum atomic E-state index is -0.983. The number of nitrogens with zero attached hydrogens (tertiary/aromatic N) is 2. The van der Waals surface area contributed by atoms with Crippen molar-refractivity contribution in [2.75, 3.05) is 0 Å². The monoisotopic (exact) mass is 318 g/mol. The molecule has 2 heterocycles. The summed E-state index contributed by atoms with van der Waals surface area (Å²) in [5.41, 5.74) is 1.59. The molecule has 0 saturated carbocycles. The average Bonchev–Trinajstić information content (AvgIpc) is 3.10. The standard InChI is InChI=1S/C15H11ClN2O2S/c16-12-5-2-1-4-10(12)8-18-9-11(15(19)20)14(17-18)13-6-3-7-21-13/h1-7,9H,8H2,(H,19,20). The third-order valence-electron chi connectivity index (χ3n) is 3.04. The molecule has 1 N–H and O–H groups in total. The Balaban J connectivity index is 2.00.